The molecule has 0 spiro atoms. The molecule has 1 aromatic rings. The standard InChI is InChI=1S/C14H22N2O2/c1-14(17)6-7-16(11-14)8-9-18-13-5-3-2-4-12(13)10-15/h2-5,17H,6-11,15H2,1H3. The summed E-state index contributed by atoms with van der Waals surface area (Å²) in [6, 6.07) is 7.85. The van der Waals surface area contributed by atoms with Crippen LogP contribution < -0.4 is 10.5 Å². The second-order valence-electron chi connectivity index (χ2n) is 5.18. The number of rotatable bonds is 5. The normalized spacial score (nSPS) is 24.4. The van der Waals surface area contributed by atoms with Gasteiger partial charge in [-0.3, -0.25) is 4.90 Å². The molecule has 1 aromatic carbocycles. The molecule has 0 amide bonds. The van der Waals surface area contributed by atoms with Gasteiger partial charge in [0.25, 0.3) is 0 Å². The summed E-state index contributed by atoms with van der Waals surface area (Å²) in [6.07, 6.45) is 0.840. The lowest BCUT2D eigenvalue weighted by molar-refractivity contribution is 0.0670. The molecular formula is C14H22N2O2. The largest absolute Gasteiger partial charge is 0.492 e. The Labute approximate surface area is 108 Å². The third-order valence-corrected chi connectivity index (χ3v) is 3.39. The van der Waals surface area contributed by atoms with Gasteiger partial charge in [0.15, 0.2) is 0 Å². The van der Waals surface area contributed by atoms with Gasteiger partial charge >= 0.3 is 0 Å². The zero-order valence-electron chi connectivity index (χ0n) is 10.9. The maximum absolute atomic E-state index is 9.86. The highest BCUT2D eigenvalue weighted by Crippen LogP contribution is 2.20. The van der Waals surface area contributed by atoms with Crippen LogP contribution in [0.25, 0.3) is 0 Å². The molecule has 100 valence electrons. The summed E-state index contributed by atoms with van der Waals surface area (Å²) in [5.41, 5.74) is 6.16. The van der Waals surface area contributed by atoms with Crippen molar-refractivity contribution in [1.82, 2.24) is 4.90 Å². The van der Waals surface area contributed by atoms with Crippen molar-refractivity contribution in [3.05, 3.63) is 29.8 Å². The minimum absolute atomic E-state index is 0.495. The number of likely N-dealkylation sites (tertiary alicyclic amines) is 1. The number of para-hydroxylation sites is 1. The monoisotopic (exact) mass is 250 g/mol. The summed E-state index contributed by atoms with van der Waals surface area (Å²) in [5, 5.41) is 9.86. The van der Waals surface area contributed by atoms with Crippen LogP contribution in [0.5, 0.6) is 5.75 Å². The van der Waals surface area contributed by atoms with Gasteiger partial charge in [0, 0.05) is 31.7 Å². The molecule has 18 heavy (non-hydrogen) atoms. The zero-order valence-corrected chi connectivity index (χ0v) is 10.9. The molecule has 1 aliphatic rings. The number of ether oxygens (including phenoxy) is 1. The van der Waals surface area contributed by atoms with Gasteiger partial charge in [-0.2, -0.15) is 0 Å². The van der Waals surface area contributed by atoms with Crippen molar-refractivity contribution in [1.29, 1.82) is 0 Å². The van der Waals surface area contributed by atoms with Crippen LogP contribution in [0.1, 0.15) is 18.9 Å². The molecule has 0 bridgehead atoms. The van der Waals surface area contributed by atoms with Crippen LogP contribution in [0.15, 0.2) is 24.3 Å². The quantitative estimate of drug-likeness (QED) is 0.818. The van der Waals surface area contributed by atoms with Crippen molar-refractivity contribution < 1.29 is 9.84 Å². The van der Waals surface area contributed by atoms with E-state index in [-0.39, 0.29) is 0 Å². The minimum atomic E-state index is -0.533. The number of nitrogens with zero attached hydrogens (tertiary/aromatic N) is 1. The maximum atomic E-state index is 9.86. The van der Waals surface area contributed by atoms with Gasteiger partial charge in [-0.05, 0) is 19.4 Å². The Morgan fingerprint density at radius 3 is 2.89 bits per heavy atom. The predicted molar refractivity (Wildman–Crippen MR) is 71.5 cm³/mol. The fourth-order valence-corrected chi connectivity index (χ4v) is 2.33. The van der Waals surface area contributed by atoms with Crippen LogP contribution in [0.4, 0.5) is 0 Å². The van der Waals surface area contributed by atoms with Crippen molar-refractivity contribution in [3.8, 4) is 5.75 Å². The van der Waals surface area contributed by atoms with Crippen molar-refractivity contribution in [2.45, 2.75) is 25.5 Å². The molecule has 0 aromatic heterocycles. The topological polar surface area (TPSA) is 58.7 Å². The van der Waals surface area contributed by atoms with E-state index in [0.717, 1.165) is 37.4 Å². The third-order valence-electron chi connectivity index (χ3n) is 3.39. The zero-order chi connectivity index (χ0) is 13.0. The molecule has 1 heterocycles. The van der Waals surface area contributed by atoms with E-state index in [1.807, 2.05) is 31.2 Å². The third kappa shape index (κ3) is 3.45. The van der Waals surface area contributed by atoms with E-state index in [1.165, 1.54) is 0 Å². The number of hydrogen-bond acceptors (Lipinski definition) is 4. The minimum Gasteiger partial charge on any atom is -0.492 e. The van der Waals surface area contributed by atoms with E-state index in [2.05, 4.69) is 4.90 Å². The van der Waals surface area contributed by atoms with Crippen molar-refractivity contribution >= 4 is 0 Å². The second-order valence-corrected chi connectivity index (χ2v) is 5.18. The van der Waals surface area contributed by atoms with Crippen LogP contribution in [0, 0.1) is 0 Å². The summed E-state index contributed by atoms with van der Waals surface area (Å²) in [6.45, 7) is 5.53. The molecule has 1 fully saturated rings. The van der Waals surface area contributed by atoms with Crippen LogP contribution in [-0.4, -0.2) is 41.8 Å². The number of hydrogen-bond donors (Lipinski definition) is 2. The number of aliphatic hydroxyl groups is 1. The highest BCUT2D eigenvalue weighted by molar-refractivity contribution is 5.32. The molecule has 0 saturated carbocycles. The van der Waals surface area contributed by atoms with Crippen molar-refractivity contribution in [2.75, 3.05) is 26.2 Å². The van der Waals surface area contributed by atoms with Gasteiger partial charge in [-0.1, -0.05) is 18.2 Å². The first-order chi connectivity index (χ1) is 8.61. The summed E-state index contributed by atoms with van der Waals surface area (Å²) < 4.78 is 5.75. The molecule has 0 aliphatic carbocycles. The highest BCUT2D eigenvalue weighted by atomic mass is 16.5. The Balaban J connectivity index is 1.79. The SMILES string of the molecule is CC1(O)CCN(CCOc2ccccc2CN)C1. The molecule has 3 N–H and O–H groups in total. The lowest BCUT2D eigenvalue weighted by Crippen LogP contribution is -2.32. The Morgan fingerprint density at radius 1 is 1.44 bits per heavy atom. The van der Waals surface area contributed by atoms with E-state index in [9.17, 15) is 5.11 Å². The summed E-state index contributed by atoms with van der Waals surface area (Å²) in [7, 11) is 0. The van der Waals surface area contributed by atoms with Crippen LogP contribution >= 0.6 is 0 Å². The van der Waals surface area contributed by atoms with E-state index in [1.54, 1.807) is 0 Å². The lowest BCUT2D eigenvalue weighted by atomic mass is 10.1. The van der Waals surface area contributed by atoms with E-state index in [4.69, 9.17) is 10.5 Å². The molecular weight excluding hydrogens is 228 g/mol. The smallest absolute Gasteiger partial charge is 0.123 e. The summed E-state index contributed by atoms with van der Waals surface area (Å²) >= 11 is 0. The summed E-state index contributed by atoms with van der Waals surface area (Å²) in [5.74, 6) is 0.867. The Kier molecular flexibility index (Phi) is 4.22. The van der Waals surface area contributed by atoms with Gasteiger partial charge in [-0.25, -0.2) is 0 Å². The highest BCUT2D eigenvalue weighted by Gasteiger charge is 2.30. The number of benzene rings is 1. The molecule has 0 radical (unpaired) electrons. The number of β-amino-alcohol motifs (C(OH)–C–C–N with tert-alkyl or cyclic N) is 1. The fraction of sp³-hybridized carbons (Fsp3) is 0.571. The maximum Gasteiger partial charge on any atom is 0.123 e. The molecule has 1 aliphatic heterocycles. The van der Waals surface area contributed by atoms with Crippen LogP contribution in [0.2, 0.25) is 0 Å². The van der Waals surface area contributed by atoms with Crippen LogP contribution in [-0.2, 0) is 6.54 Å². The second kappa shape index (κ2) is 5.69. The predicted octanol–water partition coefficient (Wildman–Crippen LogP) is 0.981. The Hall–Kier alpha value is -1.10. The fourth-order valence-electron chi connectivity index (χ4n) is 2.33. The van der Waals surface area contributed by atoms with Gasteiger partial charge in [-0.15, -0.1) is 0 Å². The van der Waals surface area contributed by atoms with Gasteiger partial charge in [0.05, 0.1) is 5.60 Å². The molecule has 2 rings (SSSR count). The van der Waals surface area contributed by atoms with Gasteiger partial charge in [0.2, 0.25) is 0 Å². The van der Waals surface area contributed by atoms with E-state index >= 15 is 0 Å². The lowest BCUT2D eigenvalue weighted by Gasteiger charge is -2.19. The average molecular weight is 250 g/mol. The summed E-state index contributed by atoms with van der Waals surface area (Å²) in [4.78, 5) is 2.23. The molecule has 4 heteroatoms. The Morgan fingerprint density at radius 2 is 2.22 bits per heavy atom. The van der Waals surface area contributed by atoms with Gasteiger partial charge < -0.3 is 15.6 Å². The van der Waals surface area contributed by atoms with Crippen molar-refractivity contribution in [3.63, 3.8) is 0 Å². The van der Waals surface area contributed by atoms with Gasteiger partial charge in [0.1, 0.15) is 12.4 Å². The first-order valence-electron chi connectivity index (χ1n) is 6.46. The van der Waals surface area contributed by atoms with E-state index in [0.29, 0.717) is 13.2 Å². The molecule has 1 atom stereocenters. The van der Waals surface area contributed by atoms with E-state index < -0.39 is 5.60 Å². The Bertz CT molecular complexity index is 393. The molecule has 1 unspecified atom stereocenters. The van der Waals surface area contributed by atoms with Crippen molar-refractivity contribution in [2.24, 2.45) is 5.73 Å². The average Bonchev–Trinajstić information content (AvgIpc) is 2.69. The van der Waals surface area contributed by atoms with Crippen LogP contribution in [0.3, 0.4) is 0 Å². The number of nitrogens with two attached hydrogens (primary N) is 1. The molecule has 4 nitrogen and oxygen atoms in total. The first-order valence-corrected chi connectivity index (χ1v) is 6.46. The molecule has 1 saturated heterocycles. The first kappa shape index (κ1) is 13.3.